The Bertz CT molecular complexity index is 535. The second-order valence-corrected chi connectivity index (χ2v) is 6.27. The van der Waals surface area contributed by atoms with Gasteiger partial charge in [0.2, 0.25) is 5.91 Å². The van der Waals surface area contributed by atoms with Crippen LogP contribution in [0.5, 0.6) is 0 Å². The number of carbonyl (C=O) groups excluding carboxylic acids is 3. The van der Waals surface area contributed by atoms with Crippen molar-refractivity contribution >= 4 is 17.9 Å². The van der Waals surface area contributed by atoms with Gasteiger partial charge in [-0.3, -0.25) is 9.59 Å². The number of nitrogens with zero attached hydrogens (tertiary/aromatic N) is 2. The lowest BCUT2D eigenvalue weighted by molar-refractivity contribution is -0.162. The number of hydrogen-bond acceptors (Lipinski definition) is 5. The van der Waals surface area contributed by atoms with Gasteiger partial charge in [-0.1, -0.05) is 6.92 Å². The van der Waals surface area contributed by atoms with Gasteiger partial charge in [-0.05, 0) is 19.3 Å². The number of fused-ring (bicyclic) bond motifs is 1. The van der Waals surface area contributed by atoms with Crippen LogP contribution in [0, 0.1) is 11.8 Å². The van der Waals surface area contributed by atoms with Crippen molar-refractivity contribution in [1.29, 1.82) is 0 Å². The van der Waals surface area contributed by atoms with Crippen molar-refractivity contribution in [1.82, 2.24) is 9.80 Å². The van der Waals surface area contributed by atoms with Crippen LogP contribution in [0.3, 0.4) is 0 Å². The van der Waals surface area contributed by atoms with Crippen LogP contribution < -0.4 is 0 Å². The molecular formula is C14H18N2O5. The van der Waals surface area contributed by atoms with E-state index in [-0.39, 0.29) is 30.9 Å². The number of ether oxygens (including phenoxy) is 2. The van der Waals surface area contributed by atoms with Gasteiger partial charge in [-0.15, -0.1) is 0 Å². The zero-order valence-electron chi connectivity index (χ0n) is 11.9. The molecule has 7 heteroatoms. The van der Waals surface area contributed by atoms with E-state index < -0.39 is 23.8 Å². The molecule has 0 radical (unpaired) electrons. The van der Waals surface area contributed by atoms with E-state index in [1.165, 1.54) is 0 Å². The average Bonchev–Trinajstić information content (AvgIpc) is 3.09. The first-order valence-electron chi connectivity index (χ1n) is 7.54. The summed E-state index contributed by atoms with van der Waals surface area (Å²) in [7, 11) is 0. The van der Waals surface area contributed by atoms with Crippen molar-refractivity contribution in [3.05, 3.63) is 0 Å². The van der Waals surface area contributed by atoms with Crippen LogP contribution in [0.2, 0.25) is 0 Å². The number of piperidine rings is 2. The lowest BCUT2D eigenvalue weighted by atomic mass is 9.75. The maximum absolute atomic E-state index is 12.8. The molecular weight excluding hydrogens is 276 g/mol. The molecule has 0 aliphatic carbocycles. The number of hydrogen-bond donors (Lipinski definition) is 0. The number of rotatable bonds is 1. The number of amides is 3. The predicted octanol–water partition coefficient (Wildman–Crippen LogP) is 0.339. The van der Waals surface area contributed by atoms with E-state index in [1.54, 1.807) is 4.90 Å². The third-order valence-corrected chi connectivity index (χ3v) is 5.25. The van der Waals surface area contributed by atoms with Crippen LogP contribution in [-0.2, 0) is 19.1 Å². The first kappa shape index (κ1) is 13.1. The van der Waals surface area contributed by atoms with Crippen LogP contribution >= 0.6 is 0 Å². The average molecular weight is 294 g/mol. The first-order valence-corrected chi connectivity index (χ1v) is 7.54. The van der Waals surface area contributed by atoms with Gasteiger partial charge in [0.25, 0.3) is 5.91 Å². The maximum Gasteiger partial charge on any atom is 0.416 e. The van der Waals surface area contributed by atoms with Crippen molar-refractivity contribution in [2.24, 2.45) is 11.8 Å². The molecule has 4 saturated heterocycles. The lowest BCUT2D eigenvalue weighted by Crippen LogP contribution is -2.62. The highest BCUT2D eigenvalue weighted by Crippen LogP contribution is 2.54. The molecule has 21 heavy (non-hydrogen) atoms. The van der Waals surface area contributed by atoms with Gasteiger partial charge < -0.3 is 14.4 Å². The molecule has 0 N–H and O–H groups in total. The monoisotopic (exact) mass is 294 g/mol. The molecule has 2 bridgehead atoms. The first-order chi connectivity index (χ1) is 10.1. The Morgan fingerprint density at radius 2 is 2.10 bits per heavy atom. The Hall–Kier alpha value is -1.63. The Kier molecular flexibility index (Phi) is 2.61. The minimum Gasteiger partial charge on any atom is -0.447 e. The Balaban J connectivity index is 1.70. The predicted molar refractivity (Wildman–Crippen MR) is 68.9 cm³/mol. The van der Waals surface area contributed by atoms with Gasteiger partial charge in [-0.2, -0.15) is 0 Å². The Labute approximate surface area is 122 Å². The van der Waals surface area contributed by atoms with E-state index in [0.717, 1.165) is 17.7 Å². The molecule has 4 aliphatic heterocycles. The van der Waals surface area contributed by atoms with E-state index in [2.05, 4.69) is 0 Å². The molecule has 3 amide bonds. The normalized spacial score (nSPS) is 41.5. The number of cyclic esters (lactones) is 1. The summed E-state index contributed by atoms with van der Waals surface area (Å²) in [5.41, 5.74) is -0.834. The summed E-state index contributed by atoms with van der Waals surface area (Å²) in [4.78, 5) is 39.7. The van der Waals surface area contributed by atoms with Crippen LogP contribution in [0.1, 0.15) is 26.2 Å². The number of carbonyl (C=O) groups is 3. The summed E-state index contributed by atoms with van der Waals surface area (Å²) in [5.74, 6) is -0.930. The molecule has 4 aliphatic rings. The van der Waals surface area contributed by atoms with Crippen LogP contribution in [0.4, 0.5) is 4.79 Å². The zero-order valence-corrected chi connectivity index (χ0v) is 11.9. The fraction of sp³-hybridized carbons (Fsp3) is 0.786. The quantitative estimate of drug-likeness (QED) is 0.697. The molecule has 0 aromatic carbocycles. The van der Waals surface area contributed by atoms with E-state index in [9.17, 15) is 14.4 Å². The second kappa shape index (κ2) is 4.19. The topological polar surface area (TPSA) is 76.2 Å². The smallest absolute Gasteiger partial charge is 0.416 e. The highest BCUT2D eigenvalue weighted by atomic mass is 16.6. The van der Waals surface area contributed by atoms with E-state index in [4.69, 9.17) is 9.47 Å². The highest BCUT2D eigenvalue weighted by Gasteiger charge is 2.69. The molecule has 7 nitrogen and oxygen atoms in total. The van der Waals surface area contributed by atoms with E-state index in [1.807, 2.05) is 6.92 Å². The highest BCUT2D eigenvalue weighted by molar-refractivity contribution is 5.97. The summed E-state index contributed by atoms with van der Waals surface area (Å²) >= 11 is 0. The SMILES string of the molecule is C[C@@H]1[C@H]2O[C@@]3(CCCCN3C2=O)[C@H]1C(=O)N1CCOC1=O. The summed E-state index contributed by atoms with van der Waals surface area (Å²) in [6.45, 7) is 3.03. The third kappa shape index (κ3) is 1.50. The van der Waals surface area contributed by atoms with Crippen LogP contribution in [0.15, 0.2) is 0 Å². The van der Waals surface area contributed by atoms with Gasteiger partial charge >= 0.3 is 6.09 Å². The summed E-state index contributed by atoms with van der Waals surface area (Å²) < 4.78 is 10.9. The summed E-state index contributed by atoms with van der Waals surface area (Å²) in [6.07, 6.45) is 1.40. The minimum absolute atomic E-state index is 0.00440. The molecule has 4 heterocycles. The summed E-state index contributed by atoms with van der Waals surface area (Å²) in [5, 5.41) is 0. The molecule has 0 unspecified atom stereocenters. The molecule has 4 atom stereocenters. The van der Waals surface area contributed by atoms with Crippen molar-refractivity contribution < 1.29 is 23.9 Å². The van der Waals surface area contributed by atoms with Gasteiger partial charge in [0.15, 0.2) is 5.72 Å². The fourth-order valence-corrected chi connectivity index (χ4v) is 4.31. The Morgan fingerprint density at radius 3 is 2.81 bits per heavy atom. The summed E-state index contributed by atoms with van der Waals surface area (Å²) in [6, 6.07) is 0. The van der Waals surface area contributed by atoms with Gasteiger partial charge in [0, 0.05) is 12.5 Å². The third-order valence-electron chi connectivity index (χ3n) is 5.25. The lowest BCUT2D eigenvalue weighted by Gasteiger charge is -2.46. The van der Waals surface area contributed by atoms with E-state index in [0.29, 0.717) is 13.0 Å². The van der Waals surface area contributed by atoms with Crippen LogP contribution in [-0.4, -0.2) is 59.2 Å². The molecule has 0 aromatic rings. The second-order valence-electron chi connectivity index (χ2n) is 6.27. The van der Waals surface area contributed by atoms with Gasteiger partial charge in [0.1, 0.15) is 12.7 Å². The van der Waals surface area contributed by atoms with Crippen LogP contribution in [0.25, 0.3) is 0 Å². The standard InChI is InChI=1S/C14H18N2O5/c1-8-9(11(17)15-6-7-20-13(15)19)14-4-2-3-5-16(14)12(18)10(8)21-14/h8-10H,2-7H2,1H3/t8-,9+,10+,14-/m0/s1. The minimum atomic E-state index is -0.834. The zero-order chi connectivity index (χ0) is 14.8. The Morgan fingerprint density at radius 1 is 1.29 bits per heavy atom. The molecule has 4 fully saturated rings. The van der Waals surface area contributed by atoms with Crippen molar-refractivity contribution in [2.75, 3.05) is 19.7 Å². The maximum atomic E-state index is 12.8. The van der Waals surface area contributed by atoms with Crippen molar-refractivity contribution in [3.63, 3.8) is 0 Å². The molecule has 0 saturated carbocycles. The van der Waals surface area contributed by atoms with Crippen molar-refractivity contribution in [2.45, 2.75) is 38.0 Å². The molecule has 1 spiro atoms. The fourth-order valence-electron chi connectivity index (χ4n) is 4.31. The van der Waals surface area contributed by atoms with Gasteiger partial charge in [0.05, 0.1) is 12.5 Å². The van der Waals surface area contributed by atoms with Crippen molar-refractivity contribution in [3.8, 4) is 0 Å². The largest absolute Gasteiger partial charge is 0.447 e. The molecule has 4 rings (SSSR count). The number of imide groups is 1. The van der Waals surface area contributed by atoms with E-state index >= 15 is 0 Å². The van der Waals surface area contributed by atoms with Gasteiger partial charge in [-0.25, -0.2) is 9.69 Å². The molecule has 114 valence electrons. The molecule has 0 aromatic heterocycles.